The second kappa shape index (κ2) is 6.00. The third-order valence-corrected chi connectivity index (χ3v) is 4.61. The molecule has 0 radical (unpaired) electrons. The Morgan fingerprint density at radius 3 is 2.81 bits per heavy atom. The largest absolute Gasteiger partial charge is 0.355 e. The van der Waals surface area contributed by atoms with Crippen molar-refractivity contribution in [2.45, 2.75) is 26.7 Å². The highest BCUT2D eigenvalue weighted by Gasteiger charge is 2.39. The summed E-state index contributed by atoms with van der Waals surface area (Å²) < 4.78 is 0. The molecule has 114 valence electrons. The first-order chi connectivity index (χ1) is 10.1. The van der Waals surface area contributed by atoms with Crippen LogP contribution in [0.25, 0.3) is 0 Å². The summed E-state index contributed by atoms with van der Waals surface area (Å²) in [4.78, 5) is 25.2. The Labute approximate surface area is 126 Å². The molecule has 0 saturated carbocycles. The van der Waals surface area contributed by atoms with Gasteiger partial charge in [0.1, 0.15) is 5.82 Å². The van der Waals surface area contributed by atoms with Crippen LogP contribution in [-0.4, -0.2) is 47.0 Å². The number of carbonyl (C=O) groups excluding carboxylic acids is 1. The molecule has 5 nitrogen and oxygen atoms in total. The lowest BCUT2D eigenvalue weighted by atomic mass is 9.89. The van der Waals surface area contributed by atoms with Crippen molar-refractivity contribution < 1.29 is 4.79 Å². The number of hydrogen-bond donors (Lipinski definition) is 0. The van der Waals surface area contributed by atoms with Crippen LogP contribution in [0, 0.1) is 17.8 Å². The van der Waals surface area contributed by atoms with Crippen molar-refractivity contribution in [3.05, 3.63) is 18.6 Å². The van der Waals surface area contributed by atoms with E-state index in [1.54, 1.807) is 12.4 Å². The molecule has 2 fully saturated rings. The molecule has 3 rings (SSSR count). The third-order valence-electron chi connectivity index (χ3n) is 4.61. The number of carbonyl (C=O) groups is 1. The monoisotopic (exact) mass is 288 g/mol. The van der Waals surface area contributed by atoms with Crippen LogP contribution < -0.4 is 4.90 Å². The molecule has 3 heterocycles. The van der Waals surface area contributed by atoms with Gasteiger partial charge in [0.2, 0.25) is 5.91 Å². The topological polar surface area (TPSA) is 49.3 Å². The summed E-state index contributed by atoms with van der Waals surface area (Å²) in [5.74, 6) is 2.97. The zero-order chi connectivity index (χ0) is 14.8. The fourth-order valence-electron chi connectivity index (χ4n) is 3.51. The normalized spacial score (nSPS) is 25.3. The van der Waals surface area contributed by atoms with Crippen LogP contribution >= 0.6 is 0 Å². The van der Waals surface area contributed by atoms with Gasteiger partial charge in [-0.2, -0.15) is 0 Å². The second-order valence-electron chi connectivity index (χ2n) is 6.72. The maximum absolute atomic E-state index is 12.2. The van der Waals surface area contributed by atoms with Gasteiger partial charge < -0.3 is 9.80 Å². The molecule has 5 heteroatoms. The molecule has 0 aromatic carbocycles. The van der Waals surface area contributed by atoms with Crippen molar-refractivity contribution in [2.24, 2.45) is 17.8 Å². The van der Waals surface area contributed by atoms with Gasteiger partial charge in [-0.15, -0.1) is 0 Å². The van der Waals surface area contributed by atoms with Gasteiger partial charge in [-0.05, 0) is 24.2 Å². The lowest BCUT2D eigenvalue weighted by molar-refractivity contribution is -0.131. The third kappa shape index (κ3) is 3.17. The second-order valence-corrected chi connectivity index (χ2v) is 6.72. The Morgan fingerprint density at radius 2 is 2.10 bits per heavy atom. The van der Waals surface area contributed by atoms with Gasteiger partial charge in [0.25, 0.3) is 0 Å². The number of anilines is 1. The minimum atomic E-state index is 0.324. The van der Waals surface area contributed by atoms with Gasteiger partial charge in [-0.3, -0.25) is 9.78 Å². The quantitative estimate of drug-likeness (QED) is 0.851. The predicted octanol–water partition coefficient (Wildman–Crippen LogP) is 1.81. The SMILES string of the molecule is CC(C)CC(=O)N1C[C@@H]2CCN(c3cnccn3)C[C@@H]2C1. The fourth-order valence-corrected chi connectivity index (χ4v) is 3.51. The molecule has 2 aliphatic rings. The lowest BCUT2D eigenvalue weighted by Gasteiger charge is -2.34. The van der Waals surface area contributed by atoms with Crippen LogP contribution in [0.4, 0.5) is 5.82 Å². The standard InChI is InChI=1S/C16H24N4O/c1-12(2)7-16(21)20-9-13-3-6-19(10-14(13)11-20)15-8-17-4-5-18-15/h4-5,8,12-14H,3,6-7,9-11H2,1-2H3/t13-,14+/m0/s1. The van der Waals surface area contributed by atoms with Gasteiger partial charge in [0.05, 0.1) is 6.20 Å². The summed E-state index contributed by atoms with van der Waals surface area (Å²) in [6, 6.07) is 0. The maximum Gasteiger partial charge on any atom is 0.222 e. The molecule has 0 unspecified atom stereocenters. The van der Waals surface area contributed by atoms with Gasteiger partial charge in [-0.1, -0.05) is 13.8 Å². The lowest BCUT2D eigenvalue weighted by Crippen LogP contribution is -2.40. The van der Waals surface area contributed by atoms with Gasteiger partial charge in [0, 0.05) is 45.0 Å². The smallest absolute Gasteiger partial charge is 0.222 e. The van der Waals surface area contributed by atoms with Crippen LogP contribution in [0.15, 0.2) is 18.6 Å². The Bertz CT molecular complexity index is 490. The highest BCUT2D eigenvalue weighted by atomic mass is 16.2. The van der Waals surface area contributed by atoms with Gasteiger partial charge in [0.15, 0.2) is 0 Å². The van der Waals surface area contributed by atoms with Crippen molar-refractivity contribution in [1.29, 1.82) is 0 Å². The van der Waals surface area contributed by atoms with E-state index in [4.69, 9.17) is 0 Å². The summed E-state index contributed by atoms with van der Waals surface area (Å²) in [6.45, 7) is 8.09. The number of rotatable bonds is 3. The summed E-state index contributed by atoms with van der Waals surface area (Å²) in [6.07, 6.45) is 7.10. The molecular weight excluding hydrogens is 264 g/mol. The molecule has 1 aromatic rings. The zero-order valence-electron chi connectivity index (χ0n) is 12.9. The number of amides is 1. The Balaban J connectivity index is 1.61. The molecular formula is C16H24N4O. The van der Waals surface area contributed by atoms with E-state index in [0.29, 0.717) is 30.1 Å². The van der Waals surface area contributed by atoms with Gasteiger partial charge >= 0.3 is 0 Å². The maximum atomic E-state index is 12.2. The number of fused-ring (bicyclic) bond motifs is 1. The molecule has 0 N–H and O–H groups in total. The molecule has 1 amide bonds. The summed E-state index contributed by atoms with van der Waals surface area (Å²) in [7, 11) is 0. The van der Waals surface area contributed by atoms with Crippen molar-refractivity contribution in [3.63, 3.8) is 0 Å². The average molecular weight is 288 g/mol. The number of nitrogens with zero attached hydrogens (tertiary/aromatic N) is 4. The van der Waals surface area contributed by atoms with E-state index in [1.807, 2.05) is 6.20 Å². The molecule has 2 atom stereocenters. The number of likely N-dealkylation sites (tertiary alicyclic amines) is 1. The van der Waals surface area contributed by atoms with E-state index in [2.05, 4.69) is 33.6 Å². The summed E-state index contributed by atoms with van der Waals surface area (Å²) >= 11 is 0. The Morgan fingerprint density at radius 1 is 1.29 bits per heavy atom. The van der Waals surface area contributed by atoms with E-state index in [0.717, 1.165) is 38.4 Å². The van der Waals surface area contributed by atoms with E-state index in [1.165, 1.54) is 0 Å². The van der Waals surface area contributed by atoms with Crippen molar-refractivity contribution >= 4 is 11.7 Å². The van der Waals surface area contributed by atoms with Crippen LogP contribution in [0.5, 0.6) is 0 Å². The summed E-state index contributed by atoms with van der Waals surface area (Å²) in [5, 5.41) is 0. The molecule has 2 saturated heterocycles. The highest BCUT2D eigenvalue weighted by molar-refractivity contribution is 5.76. The molecule has 0 aliphatic carbocycles. The van der Waals surface area contributed by atoms with E-state index in [9.17, 15) is 4.79 Å². The highest BCUT2D eigenvalue weighted by Crippen LogP contribution is 2.33. The van der Waals surface area contributed by atoms with E-state index < -0.39 is 0 Å². The molecule has 2 aliphatic heterocycles. The zero-order valence-corrected chi connectivity index (χ0v) is 12.9. The van der Waals surface area contributed by atoms with Crippen molar-refractivity contribution in [1.82, 2.24) is 14.9 Å². The first-order valence-electron chi connectivity index (χ1n) is 7.92. The molecule has 0 spiro atoms. The Hall–Kier alpha value is -1.65. The first-order valence-corrected chi connectivity index (χ1v) is 7.92. The predicted molar refractivity (Wildman–Crippen MR) is 81.9 cm³/mol. The van der Waals surface area contributed by atoms with E-state index in [-0.39, 0.29) is 0 Å². The van der Waals surface area contributed by atoms with Gasteiger partial charge in [-0.25, -0.2) is 4.98 Å². The molecule has 0 bridgehead atoms. The fraction of sp³-hybridized carbons (Fsp3) is 0.688. The molecule has 1 aromatic heterocycles. The van der Waals surface area contributed by atoms with Crippen LogP contribution in [0.3, 0.4) is 0 Å². The minimum Gasteiger partial charge on any atom is -0.355 e. The van der Waals surface area contributed by atoms with Crippen LogP contribution in [0.2, 0.25) is 0 Å². The number of aromatic nitrogens is 2. The van der Waals surface area contributed by atoms with Crippen molar-refractivity contribution in [3.8, 4) is 0 Å². The van der Waals surface area contributed by atoms with Crippen LogP contribution in [0.1, 0.15) is 26.7 Å². The average Bonchev–Trinajstić information content (AvgIpc) is 2.90. The molecule has 21 heavy (non-hydrogen) atoms. The van der Waals surface area contributed by atoms with Crippen LogP contribution in [-0.2, 0) is 4.79 Å². The minimum absolute atomic E-state index is 0.324. The van der Waals surface area contributed by atoms with Crippen molar-refractivity contribution in [2.75, 3.05) is 31.1 Å². The van der Waals surface area contributed by atoms with E-state index >= 15 is 0 Å². The number of hydrogen-bond acceptors (Lipinski definition) is 4. The first kappa shape index (κ1) is 14.3. The number of piperidine rings is 1. The summed E-state index contributed by atoms with van der Waals surface area (Å²) in [5.41, 5.74) is 0. The Kier molecular flexibility index (Phi) is 4.08.